The van der Waals surface area contributed by atoms with Crippen molar-refractivity contribution in [2.75, 3.05) is 13.1 Å². The van der Waals surface area contributed by atoms with E-state index in [0.717, 1.165) is 44.7 Å². The number of hydrogen-bond donors (Lipinski definition) is 1. The first kappa shape index (κ1) is 20.9. The van der Waals surface area contributed by atoms with E-state index in [2.05, 4.69) is 17.1 Å². The predicted octanol–water partition coefficient (Wildman–Crippen LogP) is 4.57. The molecule has 1 amide bonds. The zero-order chi connectivity index (χ0) is 23.2. The Bertz CT molecular complexity index is 1550. The van der Waals surface area contributed by atoms with E-state index in [0.29, 0.717) is 19.6 Å². The first-order chi connectivity index (χ1) is 16.6. The number of H-pyrrole nitrogens is 1. The van der Waals surface area contributed by atoms with Crippen molar-refractivity contribution < 1.29 is 4.79 Å². The Morgan fingerprint density at radius 1 is 1.09 bits per heavy atom. The fourth-order valence-corrected chi connectivity index (χ4v) is 6.13. The van der Waals surface area contributed by atoms with E-state index in [1.54, 1.807) is 0 Å². The summed E-state index contributed by atoms with van der Waals surface area (Å²) >= 11 is 1.52. The van der Waals surface area contributed by atoms with Gasteiger partial charge in [0.25, 0.3) is 5.91 Å². The average Bonchev–Trinajstić information content (AvgIpc) is 3.52. The van der Waals surface area contributed by atoms with Crippen molar-refractivity contribution in [2.45, 2.75) is 32.4 Å². The third-order valence-electron chi connectivity index (χ3n) is 6.73. The summed E-state index contributed by atoms with van der Waals surface area (Å²) in [6, 6.07) is 20.1. The van der Waals surface area contributed by atoms with E-state index in [-0.39, 0.29) is 17.6 Å². The van der Waals surface area contributed by atoms with Crippen LogP contribution in [-0.2, 0) is 6.54 Å². The van der Waals surface area contributed by atoms with Gasteiger partial charge in [-0.05, 0) is 43.5 Å². The van der Waals surface area contributed by atoms with E-state index in [4.69, 9.17) is 5.10 Å². The Morgan fingerprint density at radius 3 is 2.62 bits per heavy atom. The number of nitrogens with one attached hydrogen (secondary N) is 1. The van der Waals surface area contributed by atoms with Crippen LogP contribution in [0, 0.1) is 6.92 Å². The number of aromatic nitrogens is 4. The van der Waals surface area contributed by atoms with Gasteiger partial charge in [0, 0.05) is 24.5 Å². The monoisotopic (exact) mass is 471 g/mol. The van der Waals surface area contributed by atoms with Gasteiger partial charge in [-0.25, -0.2) is 4.79 Å². The SMILES string of the molecule is Cc1nn(Cc2ccccc2)c2sc(C(=O)N3CCC(n4c(=O)[nH]c5ccccc54)CC3)cc12. The van der Waals surface area contributed by atoms with Crippen molar-refractivity contribution >= 4 is 38.5 Å². The smallest absolute Gasteiger partial charge is 0.326 e. The number of benzene rings is 2. The Hall–Kier alpha value is -3.65. The molecular formula is C26H25N5O2S. The fourth-order valence-electron chi connectivity index (χ4n) is 5.00. The Labute approximate surface area is 200 Å². The van der Waals surface area contributed by atoms with Crippen molar-refractivity contribution in [3.05, 3.63) is 87.3 Å². The molecule has 8 heteroatoms. The molecule has 1 N–H and O–H groups in total. The van der Waals surface area contributed by atoms with Gasteiger partial charge in [0.2, 0.25) is 0 Å². The van der Waals surface area contributed by atoms with Gasteiger partial charge >= 0.3 is 5.69 Å². The minimum absolute atomic E-state index is 0.0663. The third-order valence-corrected chi connectivity index (χ3v) is 7.87. The number of likely N-dealkylation sites (tertiary alicyclic amines) is 1. The van der Waals surface area contributed by atoms with E-state index >= 15 is 0 Å². The molecule has 34 heavy (non-hydrogen) atoms. The van der Waals surface area contributed by atoms with Crippen molar-refractivity contribution in [3.8, 4) is 0 Å². The van der Waals surface area contributed by atoms with Gasteiger partial charge in [-0.3, -0.25) is 14.0 Å². The number of hydrogen-bond acceptors (Lipinski definition) is 4. The minimum atomic E-state index is -0.0751. The van der Waals surface area contributed by atoms with Gasteiger partial charge in [0.05, 0.1) is 28.1 Å². The highest BCUT2D eigenvalue weighted by Gasteiger charge is 2.28. The van der Waals surface area contributed by atoms with Crippen LogP contribution in [-0.4, -0.2) is 43.2 Å². The van der Waals surface area contributed by atoms with Crippen molar-refractivity contribution in [1.29, 1.82) is 0 Å². The van der Waals surface area contributed by atoms with Gasteiger partial charge in [-0.2, -0.15) is 5.10 Å². The summed E-state index contributed by atoms with van der Waals surface area (Å²) in [5.41, 5.74) is 3.84. The van der Waals surface area contributed by atoms with Crippen LogP contribution >= 0.6 is 11.3 Å². The van der Waals surface area contributed by atoms with Crippen molar-refractivity contribution in [2.24, 2.45) is 0 Å². The fraction of sp³-hybridized carbons (Fsp3) is 0.269. The Kier molecular flexibility index (Phi) is 5.10. The quantitative estimate of drug-likeness (QED) is 0.417. The molecule has 0 saturated carbocycles. The number of piperidine rings is 1. The standard InChI is InChI=1S/C26H25N5O2S/c1-17-20-15-23(34-25(20)30(28-17)16-18-7-3-2-4-8-18)24(32)29-13-11-19(12-14-29)31-22-10-6-5-9-21(22)27-26(31)33/h2-10,15,19H,11-14,16H2,1H3,(H,27,33). The summed E-state index contributed by atoms with van der Waals surface area (Å²) in [4.78, 5) is 32.6. The lowest BCUT2D eigenvalue weighted by atomic mass is 10.0. The molecule has 1 saturated heterocycles. The highest BCUT2D eigenvalue weighted by molar-refractivity contribution is 7.20. The molecule has 172 valence electrons. The molecule has 2 aromatic carbocycles. The van der Waals surface area contributed by atoms with Gasteiger partial charge < -0.3 is 9.88 Å². The van der Waals surface area contributed by atoms with Crippen LogP contribution in [0.25, 0.3) is 21.3 Å². The number of amides is 1. The third kappa shape index (κ3) is 3.54. The molecule has 0 radical (unpaired) electrons. The number of aromatic amines is 1. The van der Waals surface area contributed by atoms with E-state index < -0.39 is 0 Å². The number of imidazole rings is 1. The maximum absolute atomic E-state index is 13.4. The molecule has 1 fully saturated rings. The van der Waals surface area contributed by atoms with E-state index in [1.165, 1.54) is 16.9 Å². The summed E-state index contributed by atoms with van der Waals surface area (Å²) < 4.78 is 3.86. The minimum Gasteiger partial charge on any atom is -0.338 e. The lowest BCUT2D eigenvalue weighted by molar-refractivity contribution is 0.0700. The number of fused-ring (bicyclic) bond motifs is 2. The summed E-state index contributed by atoms with van der Waals surface area (Å²) in [5, 5.41) is 5.74. The molecule has 0 unspecified atom stereocenters. The molecule has 0 bridgehead atoms. The second-order valence-electron chi connectivity index (χ2n) is 8.90. The first-order valence-corrected chi connectivity index (χ1v) is 12.4. The van der Waals surface area contributed by atoms with Gasteiger partial charge in [0.1, 0.15) is 4.83 Å². The number of rotatable bonds is 4. The molecule has 3 aromatic heterocycles. The van der Waals surface area contributed by atoms with Crippen LogP contribution < -0.4 is 5.69 Å². The lowest BCUT2D eigenvalue weighted by Gasteiger charge is -2.32. The zero-order valence-electron chi connectivity index (χ0n) is 18.9. The lowest BCUT2D eigenvalue weighted by Crippen LogP contribution is -2.40. The van der Waals surface area contributed by atoms with Gasteiger partial charge in [-0.15, -0.1) is 11.3 Å². The molecule has 0 aliphatic carbocycles. The summed E-state index contributed by atoms with van der Waals surface area (Å²) in [6.45, 7) is 3.96. The second kappa shape index (κ2) is 8.29. The molecule has 7 nitrogen and oxygen atoms in total. The van der Waals surface area contributed by atoms with Crippen LogP contribution in [0.5, 0.6) is 0 Å². The number of para-hydroxylation sites is 2. The van der Waals surface area contributed by atoms with Crippen molar-refractivity contribution in [1.82, 2.24) is 24.2 Å². The molecule has 1 aliphatic rings. The molecule has 6 rings (SSSR count). The molecule has 5 aromatic rings. The van der Waals surface area contributed by atoms with Crippen LogP contribution in [0.3, 0.4) is 0 Å². The molecular weight excluding hydrogens is 446 g/mol. The largest absolute Gasteiger partial charge is 0.338 e. The van der Waals surface area contributed by atoms with Crippen LogP contribution in [0.2, 0.25) is 0 Å². The van der Waals surface area contributed by atoms with Crippen LogP contribution in [0.15, 0.2) is 65.5 Å². The normalized spacial score (nSPS) is 14.9. The van der Waals surface area contributed by atoms with Crippen LogP contribution in [0.1, 0.15) is 39.8 Å². The number of thiophene rings is 1. The number of carbonyl (C=O) groups is 1. The van der Waals surface area contributed by atoms with Gasteiger partial charge in [-0.1, -0.05) is 42.5 Å². The molecule has 0 spiro atoms. The highest BCUT2D eigenvalue weighted by atomic mass is 32.1. The first-order valence-electron chi connectivity index (χ1n) is 11.6. The summed E-state index contributed by atoms with van der Waals surface area (Å²) in [7, 11) is 0. The highest BCUT2D eigenvalue weighted by Crippen LogP contribution is 2.31. The topological polar surface area (TPSA) is 75.9 Å². The van der Waals surface area contributed by atoms with Crippen LogP contribution in [0.4, 0.5) is 0 Å². The molecule has 0 atom stereocenters. The van der Waals surface area contributed by atoms with Crippen molar-refractivity contribution in [3.63, 3.8) is 0 Å². The summed E-state index contributed by atoms with van der Waals surface area (Å²) in [5.74, 6) is 0.0663. The Morgan fingerprint density at radius 2 is 1.82 bits per heavy atom. The van der Waals surface area contributed by atoms with Gasteiger partial charge in [0.15, 0.2) is 0 Å². The number of aryl methyl sites for hydroxylation is 1. The van der Waals surface area contributed by atoms with E-state index in [1.807, 2.05) is 69.6 Å². The number of nitrogens with zero attached hydrogens (tertiary/aromatic N) is 4. The maximum atomic E-state index is 13.4. The average molecular weight is 472 g/mol. The molecule has 1 aliphatic heterocycles. The second-order valence-corrected chi connectivity index (χ2v) is 9.93. The predicted molar refractivity (Wildman–Crippen MR) is 135 cm³/mol. The summed E-state index contributed by atoms with van der Waals surface area (Å²) in [6.07, 6.45) is 1.53. The Balaban J connectivity index is 1.21. The maximum Gasteiger partial charge on any atom is 0.326 e. The molecule has 4 heterocycles. The van der Waals surface area contributed by atoms with E-state index in [9.17, 15) is 9.59 Å². The zero-order valence-corrected chi connectivity index (χ0v) is 19.7. The number of carbonyl (C=O) groups excluding carboxylic acids is 1.